The average molecular weight is 281 g/mol. The number of ether oxygens (including phenoxy) is 2. The summed E-state index contributed by atoms with van der Waals surface area (Å²) >= 11 is 0. The summed E-state index contributed by atoms with van der Waals surface area (Å²) in [6.07, 6.45) is 0. The Hall–Kier alpha value is -1.30. The van der Waals surface area contributed by atoms with Gasteiger partial charge in [-0.2, -0.15) is 0 Å². The lowest BCUT2D eigenvalue weighted by molar-refractivity contribution is -0.0273. The molecule has 20 heavy (non-hydrogen) atoms. The molecular weight excluding hydrogens is 258 g/mol. The van der Waals surface area contributed by atoms with Crippen LogP contribution in [-0.4, -0.2) is 31.5 Å². The third kappa shape index (κ3) is 3.06. The highest BCUT2D eigenvalue weighted by Crippen LogP contribution is 2.39. The van der Waals surface area contributed by atoms with E-state index in [2.05, 4.69) is 0 Å². The Morgan fingerprint density at radius 2 is 1.50 bits per heavy atom. The summed E-state index contributed by atoms with van der Waals surface area (Å²) in [4.78, 5) is 11.7. The van der Waals surface area contributed by atoms with Gasteiger partial charge in [-0.15, -0.1) is 5.23 Å². The number of methoxy groups -OCH3 is 1. The van der Waals surface area contributed by atoms with Crippen molar-refractivity contribution in [1.29, 1.82) is 0 Å². The van der Waals surface area contributed by atoms with E-state index in [0.29, 0.717) is 13.2 Å². The minimum absolute atomic E-state index is 0.388. The van der Waals surface area contributed by atoms with Crippen molar-refractivity contribution >= 4 is 5.69 Å². The monoisotopic (exact) mass is 281 g/mol. The molecule has 0 saturated carbocycles. The van der Waals surface area contributed by atoms with Crippen LogP contribution in [0.15, 0.2) is 24.3 Å². The number of hydrogen-bond acceptors (Lipinski definition) is 5. The molecule has 0 aliphatic carbocycles. The van der Waals surface area contributed by atoms with Gasteiger partial charge in [0.15, 0.2) is 0 Å². The van der Waals surface area contributed by atoms with Crippen LogP contribution in [0.3, 0.4) is 0 Å². The van der Waals surface area contributed by atoms with Crippen molar-refractivity contribution in [2.24, 2.45) is 0 Å². The molecule has 0 aromatic heterocycles. The summed E-state index contributed by atoms with van der Waals surface area (Å²) in [6, 6.07) is 7.57. The van der Waals surface area contributed by atoms with Gasteiger partial charge in [0.2, 0.25) is 0 Å². The molecule has 1 aromatic carbocycles. The molecule has 1 aromatic rings. The zero-order valence-corrected chi connectivity index (χ0v) is 12.8. The van der Waals surface area contributed by atoms with Crippen LogP contribution in [0.4, 0.5) is 5.69 Å². The zero-order chi connectivity index (χ0) is 14.8. The summed E-state index contributed by atoms with van der Waals surface area (Å²) in [7, 11) is 1.65. The maximum Gasteiger partial charge on any atom is 0.124 e. The van der Waals surface area contributed by atoms with Gasteiger partial charge in [0.1, 0.15) is 23.6 Å². The van der Waals surface area contributed by atoms with E-state index in [1.54, 1.807) is 7.11 Å². The first kappa shape index (κ1) is 15.1. The van der Waals surface area contributed by atoms with Crippen LogP contribution in [0.2, 0.25) is 0 Å². The number of hydrogen-bond donors (Lipinski definition) is 0. The molecule has 0 atom stereocenters. The Balaban J connectivity index is 2.01. The first-order chi connectivity index (χ1) is 9.36. The third-order valence-electron chi connectivity index (χ3n) is 3.68. The van der Waals surface area contributed by atoms with E-state index in [-0.39, 0.29) is 11.2 Å². The molecule has 1 saturated heterocycles. The number of benzene rings is 1. The van der Waals surface area contributed by atoms with Crippen LogP contribution in [-0.2, 0) is 14.4 Å². The second-order valence-corrected chi connectivity index (χ2v) is 5.80. The highest BCUT2D eigenvalue weighted by molar-refractivity contribution is 5.46. The van der Waals surface area contributed by atoms with Crippen molar-refractivity contribution in [2.45, 2.75) is 38.9 Å². The molecule has 1 aliphatic heterocycles. The van der Waals surface area contributed by atoms with Gasteiger partial charge in [0.05, 0.1) is 12.3 Å². The standard InChI is InChI=1S/C15H23NO4/c1-14(2)15(3,4)20-16(19-14)12-6-8-13(9-7-12)18-11-10-17-5/h6-9H,10-11H2,1-5H3. The smallest absolute Gasteiger partial charge is 0.124 e. The minimum atomic E-state index is -0.388. The average Bonchev–Trinajstić information content (AvgIpc) is 2.60. The molecule has 0 bridgehead atoms. The van der Waals surface area contributed by atoms with Crippen molar-refractivity contribution in [3.05, 3.63) is 24.3 Å². The molecule has 0 radical (unpaired) electrons. The summed E-state index contributed by atoms with van der Waals surface area (Å²) < 4.78 is 10.5. The first-order valence-corrected chi connectivity index (χ1v) is 6.76. The van der Waals surface area contributed by atoms with Crippen LogP contribution < -0.4 is 9.96 Å². The van der Waals surface area contributed by atoms with Crippen molar-refractivity contribution < 1.29 is 19.1 Å². The van der Waals surface area contributed by atoms with Gasteiger partial charge in [-0.1, -0.05) is 0 Å². The Kier molecular flexibility index (Phi) is 4.22. The van der Waals surface area contributed by atoms with E-state index in [1.165, 1.54) is 5.23 Å². The van der Waals surface area contributed by atoms with Gasteiger partial charge < -0.3 is 9.47 Å². The molecule has 0 amide bonds. The van der Waals surface area contributed by atoms with E-state index in [4.69, 9.17) is 19.1 Å². The van der Waals surface area contributed by atoms with Crippen LogP contribution >= 0.6 is 0 Å². The maximum atomic E-state index is 5.84. The van der Waals surface area contributed by atoms with Crippen LogP contribution in [0.1, 0.15) is 27.7 Å². The minimum Gasteiger partial charge on any atom is -0.491 e. The SMILES string of the molecule is COCCOc1ccc(N2OC(C)(C)C(C)(C)O2)cc1. The molecule has 0 spiro atoms. The summed E-state index contributed by atoms with van der Waals surface area (Å²) in [5.74, 6) is 0.795. The van der Waals surface area contributed by atoms with E-state index in [0.717, 1.165) is 11.4 Å². The number of anilines is 1. The van der Waals surface area contributed by atoms with E-state index in [1.807, 2.05) is 52.0 Å². The first-order valence-electron chi connectivity index (χ1n) is 6.76. The highest BCUT2D eigenvalue weighted by atomic mass is 17.0. The fraction of sp³-hybridized carbons (Fsp3) is 0.600. The van der Waals surface area contributed by atoms with Gasteiger partial charge in [-0.25, -0.2) is 9.68 Å². The molecule has 112 valence electrons. The van der Waals surface area contributed by atoms with Crippen molar-refractivity contribution in [3.63, 3.8) is 0 Å². The van der Waals surface area contributed by atoms with E-state index in [9.17, 15) is 0 Å². The summed E-state index contributed by atoms with van der Waals surface area (Å²) in [5.41, 5.74) is 0.0594. The van der Waals surface area contributed by atoms with Crippen LogP contribution in [0, 0.1) is 0 Å². The van der Waals surface area contributed by atoms with Crippen LogP contribution in [0.5, 0.6) is 5.75 Å². The molecule has 0 N–H and O–H groups in total. The second kappa shape index (κ2) is 5.60. The van der Waals surface area contributed by atoms with Crippen molar-refractivity contribution in [2.75, 3.05) is 25.6 Å². The predicted molar refractivity (Wildman–Crippen MR) is 76.6 cm³/mol. The Bertz CT molecular complexity index is 426. The van der Waals surface area contributed by atoms with Gasteiger partial charge in [-0.3, -0.25) is 0 Å². The fourth-order valence-electron chi connectivity index (χ4n) is 1.67. The largest absolute Gasteiger partial charge is 0.491 e. The van der Waals surface area contributed by atoms with Crippen LogP contribution in [0.25, 0.3) is 0 Å². The topological polar surface area (TPSA) is 40.2 Å². The molecule has 5 heteroatoms. The summed E-state index contributed by atoms with van der Waals surface area (Å²) in [5, 5.41) is 1.47. The molecule has 1 aliphatic rings. The third-order valence-corrected chi connectivity index (χ3v) is 3.68. The number of rotatable bonds is 5. The lowest BCUT2D eigenvalue weighted by Gasteiger charge is -2.26. The Morgan fingerprint density at radius 3 is 2.00 bits per heavy atom. The molecular formula is C15H23NO4. The van der Waals surface area contributed by atoms with Gasteiger partial charge in [0.25, 0.3) is 0 Å². The fourth-order valence-corrected chi connectivity index (χ4v) is 1.67. The molecule has 1 heterocycles. The molecule has 5 nitrogen and oxygen atoms in total. The zero-order valence-electron chi connectivity index (χ0n) is 12.8. The quantitative estimate of drug-likeness (QED) is 0.776. The maximum absolute atomic E-state index is 5.84. The highest BCUT2D eigenvalue weighted by Gasteiger charge is 2.50. The van der Waals surface area contributed by atoms with Gasteiger partial charge in [0, 0.05) is 7.11 Å². The van der Waals surface area contributed by atoms with Crippen molar-refractivity contribution in [1.82, 2.24) is 0 Å². The predicted octanol–water partition coefficient (Wildman–Crippen LogP) is 2.95. The normalized spacial score (nSPS) is 20.1. The van der Waals surface area contributed by atoms with Gasteiger partial charge >= 0.3 is 0 Å². The lowest BCUT2D eigenvalue weighted by Crippen LogP contribution is -2.41. The number of nitrogens with zero attached hydrogens (tertiary/aromatic N) is 1. The Morgan fingerprint density at radius 1 is 0.950 bits per heavy atom. The second-order valence-electron chi connectivity index (χ2n) is 5.80. The molecule has 2 rings (SSSR count). The summed E-state index contributed by atoms with van der Waals surface area (Å²) in [6.45, 7) is 9.14. The van der Waals surface area contributed by atoms with E-state index < -0.39 is 0 Å². The van der Waals surface area contributed by atoms with E-state index >= 15 is 0 Å². The lowest BCUT2D eigenvalue weighted by atomic mass is 9.90. The van der Waals surface area contributed by atoms with Crippen molar-refractivity contribution in [3.8, 4) is 5.75 Å². The Labute approximate surface area is 120 Å². The molecule has 0 unspecified atom stereocenters. The van der Waals surface area contributed by atoms with Gasteiger partial charge in [-0.05, 0) is 52.0 Å². The molecule has 1 fully saturated rings.